The van der Waals surface area contributed by atoms with Crippen molar-refractivity contribution < 1.29 is 80.2 Å². The Labute approximate surface area is 613 Å². The summed E-state index contributed by atoms with van der Waals surface area (Å²) in [7, 11) is -9.91. The number of ether oxygens (including phenoxy) is 4. The molecule has 0 saturated carbocycles. The normalized spacial score (nSPS) is 13.8. The van der Waals surface area contributed by atoms with Crippen LogP contribution in [0.4, 0.5) is 0 Å². The largest absolute Gasteiger partial charge is 0.472 e. The summed E-state index contributed by atoms with van der Waals surface area (Å²) in [5, 5.41) is 10.6. The lowest BCUT2D eigenvalue weighted by Crippen LogP contribution is -2.30. The molecule has 0 heterocycles. The Kier molecular flexibility index (Phi) is 72.5. The smallest absolute Gasteiger partial charge is 0.462 e. The monoisotopic (exact) mass is 1470 g/mol. The van der Waals surface area contributed by atoms with Gasteiger partial charge in [-0.1, -0.05) is 381 Å². The molecule has 17 nitrogen and oxygen atoms in total. The molecule has 0 aromatic carbocycles. The number of esters is 4. The van der Waals surface area contributed by atoms with Crippen LogP contribution < -0.4 is 0 Å². The molecular weight excluding hydrogens is 1310 g/mol. The van der Waals surface area contributed by atoms with E-state index in [2.05, 4.69) is 34.6 Å². The minimum atomic E-state index is -4.96. The Morgan fingerprint density at radius 3 is 0.680 bits per heavy atom. The minimum Gasteiger partial charge on any atom is -0.462 e. The van der Waals surface area contributed by atoms with E-state index < -0.39 is 97.5 Å². The highest BCUT2D eigenvalue weighted by Gasteiger charge is 2.30. The quantitative estimate of drug-likeness (QED) is 0.0222. The van der Waals surface area contributed by atoms with Crippen molar-refractivity contribution in [2.75, 3.05) is 39.6 Å². The highest BCUT2D eigenvalue weighted by molar-refractivity contribution is 7.47. The second kappa shape index (κ2) is 73.9. The van der Waals surface area contributed by atoms with Crippen LogP contribution in [0.25, 0.3) is 0 Å². The minimum absolute atomic E-state index is 0.108. The number of rotatable bonds is 81. The van der Waals surface area contributed by atoms with Gasteiger partial charge in [-0.2, -0.15) is 0 Å². The van der Waals surface area contributed by atoms with Gasteiger partial charge in [-0.15, -0.1) is 0 Å². The summed E-state index contributed by atoms with van der Waals surface area (Å²) in [6, 6.07) is 0. The SMILES string of the molecule is CCCCCCCCCCCCCCCCCCCCCCCC(=O)O[C@H](COC(=O)CCCCCCCCCCCCCCCCCCC(C)C)COP(=O)(O)OC[C@@H](O)COP(=O)(O)OC[C@@H](COC(=O)CCCCCCCCC)OC(=O)CCCCCCCCCCCCCCC. The number of carbonyl (C=O) groups excluding carboxylic acids is 4. The standard InChI is InChI=1S/C81H158O17P2/c1-6-9-12-15-18-20-22-24-25-26-27-28-29-30-35-39-43-47-52-57-62-67-81(86)98-77(71-92-79(84)65-60-55-50-45-41-38-34-32-31-33-37-40-44-49-53-58-63-74(4)5)73-96-100(89,90)94-69-75(82)68-93-99(87,88)95-72-76(70-91-78(83)64-59-54-48-17-14-11-8-3)97-80(85)66-61-56-51-46-42-36-23-21-19-16-13-10-7-2/h74-77,82H,6-73H2,1-5H3,(H,87,88)(H,89,90)/t75-,76+,77+/m0/s1. The molecule has 594 valence electrons. The average Bonchev–Trinajstić information content (AvgIpc) is 0.922. The Morgan fingerprint density at radius 2 is 0.460 bits per heavy atom. The van der Waals surface area contributed by atoms with Gasteiger partial charge in [0.2, 0.25) is 0 Å². The molecule has 2 unspecified atom stereocenters. The van der Waals surface area contributed by atoms with Crippen LogP contribution in [0.3, 0.4) is 0 Å². The van der Waals surface area contributed by atoms with Crippen LogP contribution in [0.15, 0.2) is 0 Å². The fourth-order valence-electron chi connectivity index (χ4n) is 12.6. The molecule has 5 atom stereocenters. The van der Waals surface area contributed by atoms with Gasteiger partial charge in [0.1, 0.15) is 19.3 Å². The molecule has 0 saturated heterocycles. The molecule has 0 amide bonds. The Balaban J connectivity index is 5.16. The Morgan fingerprint density at radius 1 is 0.270 bits per heavy atom. The van der Waals surface area contributed by atoms with Gasteiger partial charge in [0.05, 0.1) is 26.4 Å². The first-order valence-electron chi connectivity index (χ1n) is 42.1. The van der Waals surface area contributed by atoms with Gasteiger partial charge in [0.25, 0.3) is 0 Å². The van der Waals surface area contributed by atoms with Gasteiger partial charge in [-0.05, 0) is 31.6 Å². The van der Waals surface area contributed by atoms with E-state index in [4.69, 9.17) is 37.0 Å². The zero-order valence-electron chi connectivity index (χ0n) is 65.3. The molecular formula is C81H158O17P2. The van der Waals surface area contributed by atoms with Gasteiger partial charge >= 0.3 is 39.5 Å². The van der Waals surface area contributed by atoms with E-state index in [0.29, 0.717) is 25.7 Å². The van der Waals surface area contributed by atoms with Crippen LogP contribution in [0.5, 0.6) is 0 Å². The third-order valence-corrected chi connectivity index (χ3v) is 20.9. The number of phosphoric acid groups is 2. The molecule has 0 aromatic heterocycles. The van der Waals surface area contributed by atoms with E-state index in [9.17, 15) is 43.2 Å². The summed E-state index contributed by atoms with van der Waals surface area (Å²) < 4.78 is 68.6. The summed E-state index contributed by atoms with van der Waals surface area (Å²) in [5.41, 5.74) is 0. The molecule has 0 aliphatic carbocycles. The van der Waals surface area contributed by atoms with Crippen molar-refractivity contribution in [3.63, 3.8) is 0 Å². The maximum Gasteiger partial charge on any atom is 0.472 e. The van der Waals surface area contributed by atoms with E-state index >= 15 is 0 Å². The lowest BCUT2D eigenvalue weighted by molar-refractivity contribution is -0.161. The predicted octanol–water partition coefficient (Wildman–Crippen LogP) is 24.4. The number of aliphatic hydroxyl groups is 1. The molecule has 0 aromatic rings. The average molecular weight is 1470 g/mol. The van der Waals surface area contributed by atoms with Crippen LogP contribution >= 0.6 is 15.6 Å². The van der Waals surface area contributed by atoms with Crippen molar-refractivity contribution in [3.8, 4) is 0 Å². The van der Waals surface area contributed by atoms with Crippen molar-refractivity contribution >= 4 is 39.5 Å². The van der Waals surface area contributed by atoms with Crippen LogP contribution in [-0.2, 0) is 65.4 Å². The first kappa shape index (κ1) is 98.1. The Hall–Kier alpha value is -1.94. The molecule has 0 radical (unpaired) electrons. The molecule has 0 spiro atoms. The van der Waals surface area contributed by atoms with E-state index in [1.165, 1.54) is 244 Å². The summed E-state index contributed by atoms with van der Waals surface area (Å²) in [4.78, 5) is 72.8. The highest BCUT2D eigenvalue weighted by Crippen LogP contribution is 2.45. The molecule has 100 heavy (non-hydrogen) atoms. The van der Waals surface area contributed by atoms with Crippen LogP contribution in [0, 0.1) is 5.92 Å². The van der Waals surface area contributed by atoms with E-state index in [1.807, 2.05) is 0 Å². The van der Waals surface area contributed by atoms with E-state index in [0.717, 1.165) is 109 Å². The number of carbonyl (C=O) groups is 4. The second-order valence-electron chi connectivity index (χ2n) is 29.6. The van der Waals surface area contributed by atoms with Gasteiger partial charge in [-0.25, -0.2) is 9.13 Å². The van der Waals surface area contributed by atoms with Gasteiger partial charge in [-0.3, -0.25) is 37.3 Å². The third kappa shape index (κ3) is 74.3. The second-order valence-corrected chi connectivity index (χ2v) is 32.5. The zero-order chi connectivity index (χ0) is 73.4. The highest BCUT2D eigenvalue weighted by atomic mass is 31.2. The number of phosphoric ester groups is 2. The van der Waals surface area contributed by atoms with Crippen molar-refractivity contribution in [1.29, 1.82) is 0 Å². The zero-order valence-corrected chi connectivity index (χ0v) is 67.1. The van der Waals surface area contributed by atoms with Crippen molar-refractivity contribution in [1.82, 2.24) is 0 Å². The molecule has 0 bridgehead atoms. The number of hydrogen-bond donors (Lipinski definition) is 3. The molecule has 0 aliphatic rings. The number of unbranched alkanes of at least 4 members (excludes halogenated alkanes) is 53. The van der Waals surface area contributed by atoms with Crippen molar-refractivity contribution in [3.05, 3.63) is 0 Å². The maximum atomic E-state index is 13.1. The molecule has 0 rings (SSSR count). The number of hydrogen-bond acceptors (Lipinski definition) is 15. The fraction of sp³-hybridized carbons (Fsp3) is 0.951. The predicted molar refractivity (Wildman–Crippen MR) is 409 cm³/mol. The lowest BCUT2D eigenvalue weighted by atomic mass is 10.0. The van der Waals surface area contributed by atoms with E-state index in [1.54, 1.807) is 0 Å². The van der Waals surface area contributed by atoms with Crippen LogP contribution in [0.1, 0.15) is 433 Å². The fourth-order valence-corrected chi connectivity index (χ4v) is 14.2. The van der Waals surface area contributed by atoms with Crippen molar-refractivity contribution in [2.24, 2.45) is 5.92 Å². The third-order valence-electron chi connectivity index (χ3n) is 19.0. The molecule has 0 aliphatic heterocycles. The first-order valence-corrected chi connectivity index (χ1v) is 45.1. The number of aliphatic hydroxyl groups excluding tert-OH is 1. The summed E-state index contributed by atoms with van der Waals surface area (Å²) in [6.45, 7) is 7.32. The van der Waals surface area contributed by atoms with Crippen LogP contribution in [-0.4, -0.2) is 96.7 Å². The summed E-state index contributed by atoms with van der Waals surface area (Å²) in [6.07, 6.45) is 65.5. The Bertz CT molecular complexity index is 1910. The van der Waals surface area contributed by atoms with E-state index in [-0.39, 0.29) is 25.7 Å². The molecule has 19 heteroatoms. The van der Waals surface area contributed by atoms with Gasteiger partial charge in [0, 0.05) is 25.7 Å². The molecule has 3 N–H and O–H groups in total. The van der Waals surface area contributed by atoms with Gasteiger partial charge < -0.3 is 33.8 Å². The maximum absolute atomic E-state index is 13.1. The first-order chi connectivity index (χ1) is 48.5. The van der Waals surface area contributed by atoms with Crippen LogP contribution in [0.2, 0.25) is 0 Å². The molecule has 0 fully saturated rings. The van der Waals surface area contributed by atoms with Crippen molar-refractivity contribution in [2.45, 2.75) is 451 Å². The topological polar surface area (TPSA) is 237 Å². The summed E-state index contributed by atoms with van der Waals surface area (Å²) >= 11 is 0. The lowest BCUT2D eigenvalue weighted by Gasteiger charge is -2.21. The summed E-state index contributed by atoms with van der Waals surface area (Å²) in [5.74, 6) is -1.30. The van der Waals surface area contributed by atoms with Gasteiger partial charge in [0.15, 0.2) is 12.2 Å².